The molecule has 0 radical (unpaired) electrons. The van der Waals surface area contributed by atoms with Crippen molar-refractivity contribution in [3.8, 4) is 0 Å². The molecule has 2 aliphatic rings. The molecule has 0 bridgehead atoms. The highest BCUT2D eigenvalue weighted by molar-refractivity contribution is 5.85. The largest absolute Gasteiger partial charge is 0.464 e. The van der Waals surface area contributed by atoms with E-state index < -0.39 is 11.8 Å². The number of amides is 1. The van der Waals surface area contributed by atoms with E-state index in [1.165, 1.54) is 32.1 Å². The van der Waals surface area contributed by atoms with Gasteiger partial charge in [-0.15, -0.1) is 0 Å². The van der Waals surface area contributed by atoms with Crippen LogP contribution in [-0.4, -0.2) is 43.5 Å². The molecule has 2 rings (SSSR count). The summed E-state index contributed by atoms with van der Waals surface area (Å²) in [5, 5.41) is 2.73. The zero-order chi connectivity index (χ0) is 17.3. The standard InChI is InChI=1S/C18H31NO5/c1-2-3-4-5-6-7-8-10-18(23-12-13-24-18)14-16(20)19-15-9-11-22-17(15)21/h15H,2-14H2,1H3,(H,19,20)/t15-/m0/s1. The smallest absolute Gasteiger partial charge is 0.328 e. The van der Waals surface area contributed by atoms with E-state index in [0.29, 0.717) is 26.2 Å². The van der Waals surface area contributed by atoms with E-state index in [9.17, 15) is 9.59 Å². The maximum Gasteiger partial charge on any atom is 0.328 e. The van der Waals surface area contributed by atoms with Crippen molar-refractivity contribution in [1.82, 2.24) is 5.32 Å². The van der Waals surface area contributed by atoms with Crippen LogP contribution in [0.3, 0.4) is 0 Å². The summed E-state index contributed by atoms with van der Waals surface area (Å²) in [5.41, 5.74) is 0. The molecule has 1 N–H and O–H groups in total. The van der Waals surface area contributed by atoms with Crippen molar-refractivity contribution >= 4 is 11.9 Å². The lowest BCUT2D eigenvalue weighted by molar-refractivity contribution is -0.175. The topological polar surface area (TPSA) is 73.9 Å². The summed E-state index contributed by atoms with van der Waals surface area (Å²) in [6, 6.07) is -0.519. The molecule has 1 amide bonds. The van der Waals surface area contributed by atoms with Gasteiger partial charge < -0.3 is 19.5 Å². The Bertz CT molecular complexity index is 406. The number of cyclic esters (lactones) is 1. The van der Waals surface area contributed by atoms with Crippen molar-refractivity contribution in [3.05, 3.63) is 0 Å². The molecule has 138 valence electrons. The summed E-state index contributed by atoms with van der Waals surface area (Å²) in [4.78, 5) is 23.7. The summed E-state index contributed by atoms with van der Waals surface area (Å²) < 4.78 is 16.4. The van der Waals surface area contributed by atoms with Gasteiger partial charge in [-0.1, -0.05) is 45.4 Å². The minimum atomic E-state index is -0.810. The number of hydrogen-bond acceptors (Lipinski definition) is 5. The Labute approximate surface area is 144 Å². The van der Waals surface area contributed by atoms with Gasteiger partial charge in [-0.2, -0.15) is 0 Å². The minimum absolute atomic E-state index is 0.145. The molecule has 0 spiro atoms. The van der Waals surface area contributed by atoms with Gasteiger partial charge in [0.25, 0.3) is 0 Å². The molecule has 0 aromatic rings. The van der Waals surface area contributed by atoms with Crippen LogP contribution in [0.1, 0.15) is 71.1 Å². The number of nitrogens with one attached hydrogen (secondary N) is 1. The molecular weight excluding hydrogens is 310 g/mol. The van der Waals surface area contributed by atoms with E-state index in [4.69, 9.17) is 14.2 Å². The molecular formula is C18H31NO5. The Hall–Kier alpha value is -1.14. The first-order valence-electron chi connectivity index (χ1n) is 9.39. The van der Waals surface area contributed by atoms with Crippen molar-refractivity contribution in [1.29, 1.82) is 0 Å². The molecule has 2 fully saturated rings. The van der Waals surface area contributed by atoms with Crippen molar-refractivity contribution in [3.63, 3.8) is 0 Å². The average Bonchev–Trinajstić information content (AvgIpc) is 3.17. The van der Waals surface area contributed by atoms with Crippen molar-refractivity contribution in [2.75, 3.05) is 19.8 Å². The Morgan fingerprint density at radius 3 is 2.38 bits per heavy atom. The number of unbranched alkanes of at least 4 members (excludes halogenated alkanes) is 6. The van der Waals surface area contributed by atoms with Gasteiger partial charge in [0.05, 0.1) is 26.2 Å². The van der Waals surface area contributed by atoms with Crippen LogP contribution in [0.2, 0.25) is 0 Å². The van der Waals surface area contributed by atoms with Gasteiger partial charge in [0.1, 0.15) is 6.04 Å². The van der Waals surface area contributed by atoms with Gasteiger partial charge >= 0.3 is 5.97 Å². The maximum atomic E-state index is 12.2. The van der Waals surface area contributed by atoms with Gasteiger partial charge in [-0.25, -0.2) is 4.79 Å². The first-order valence-corrected chi connectivity index (χ1v) is 9.39. The van der Waals surface area contributed by atoms with Crippen LogP contribution in [0.15, 0.2) is 0 Å². The Kier molecular flexibility index (Phi) is 7.99. The summed E-state index contributed by atoms with van der Waals surface area (Å²) in [6.07, 6.45) is 9.89. The third-order valence-corrected chi connectivity index (χ3v) is 4.68. The molecule has 0 aromatic heterocycles. The van der Waals surface area contributed by atoms with Crippen molar-refractivity contribution < 1.29 is 23.8 Å². The molecule has 0 saturated carbocycles. The number of carbonyl (C=O) groups is 2. The normalized spacial score (nSPS) is 22.5. The fourth-order valence-corrected chi connectivity index (χ4v) is 3.30. The zero-order valence-corrected chi connectivity index (χ0v) is 14.8. The second-order valence-electron chi connectivity index (χ2n) is 6.73. The molecule has 0 aromatic carbocycles. The van der Waals surface area contributed by atoms with Crippen LogP contribution < -0.4 is 5.32 Å². The molecule has 2 aliphatic heterocycles. The van der Waals surface area contributed by atoms with E-state index in [1.54, 1.807) is 0 Å². The second-order valence-corrected chi connectivity index (χ2v) is 6.73. The molecule has 2 saturated heterocycles. The highest BCUT2D eigenvalue weighted by atomic mass is 16.7. The predicted octanol–water partition coefficient (Wildman–Crippen LogP) is 2.69. The summed E-state index contributed by atoms with van der Waals surface area (Å²) in [7, 11) is 0. The number of carbonyl (C=O) groups excluding carboxylic acids is 2. The van der Waals surface area contributed by atoms with Crippen LogP contribution in [0.5, 0.6) is 0 Å². The molecule has 0 unspecified atom stereocenters. The Balaban J connectivity index is 1.69. The maximum absolute atomic E-state index is 12.2. The predicted molar refractivity (Wildman–Crippen MR) is 89.4 cm³/mol. The summed E-state index contributed by atoms with van der Waals surface area (Å²) in [5.74, 6) is -1.36. The molecule has 6 nitrogen and oxygen atoms in total. The van der Waals surface area contributed by atoms with Crippen LogP contribution in [-0.2, 0) is 23.8 Å². The lowest BCUT2D eigenvalue weighted by Crippen LogP contribution is -2.43. The number of hydrogen-bond donors (Lipinski definition) is 1. The lowest BCUT2D eigenvalue weighted by atomic mass is 10.0. The fourth-order valence-electron chi connectivity index (χ4n) is 3.30. The minimum Gasteiger partial charge on any atom is -0.464 e. The van der Waals surface area contributed by atoms with Gasteiger partial charge in [0.15, 0.2) is 5.79 Å². The molecule has 24 heavy (non-hydrogen) atoms. The van der Waals surface area contributed by atoms with Crippen LogP contribution in [0.25, 0.3) is 0 Å². The zero-order valence-electron chi connectivity index (χ0n) is 14.8. The fraction of sp³-hybridized carbons (Fsp3) is 0.889. The van der Waals surface area contributed by atoms with Gasteiger partial charge in [-0.05, 0) is 6.42 Å². The van der Waals surface area contributed by atoms with Gasteiger partial charge in [-0.3, -0.25) is 4.79 Å². The monoisotopic (exact) mass is 341 g/mol. The number of rotatable bonds is 11. The van der Waals surface area contributed by atoms with Crippen molar-refractivity contribution in [2.45, 2.75) is 83.0 Å². The Morgan fingerprint density at radius 2 is 1.75 bits per heavy atom. The second kappa shape index (κ2) is 9.99. The van der Waals surface area contributed by atoms with E-state index in [0.717, 1.165) is 19.3 Å². The van der Waals surface area contributed by atoms with E-state index in [-0.39, 0.29) is 18.3 Å². The molecule has 2 heterocycles. The number of esters is 1. The highest BCUT2D eigenvalue weighted by Crippen LogP contribution is 2.30. The molecule has 0 aliphatic carbocycles. The molecule has 1 atom stereocenters. The first kappa shape index (κ1) is 19.2. The van der Waals surface area contributed by atoms with E-state index in [1.807, 2.05) is 0 Å². The summed E-state index contributed by atoms with van der Waals surface area (Å²) >= 11 is 0. The van der Waals surface area contributed by atoms with E-state index >= 15 is 0 Å². The molecule has 6 heteroatoms. The van der Waals surface area contributed by atoms with Gasteiger partial charge in [0, 0.05) is 12.8 Å². The van der Waals surface area contributed by atoms with Crippen LogP contribution >= 0.6 is 0 Å². The third-order valence-electron chi connectivity index (χ3n) is 4.68. The quantitative estimate of drug-likeness (QED) is 0.462. The SMILES string of the molecule is CCCCCCCCCC1(CC(=O)N[C@H]2CCOC2=O)OCCO1. The van der Waals surface area contributed by atoms with Gasteiger partial charge in [0.2, 0.25) is 5.91 Å². The Morgan fingerprint density at radius 1 is 1.08 bits per heavy atom. The van der Waals surface area contributed by atoms with Crippen LogP contribution in [0, 0.1) is 0 Å². The highest BCUT2D eigenvalue weighted by Gasteiger charge is 2.39. The van der Waals surface area contributed by atoms with Crippen molar-refractivity contribution in [2.24, 2.45) is 0 Å². The van der Waals surface area contributed by atoms with Crippen LogP contribution in [0.4, 0.5) is 0 Å². The average molecular weight is 341 g/mol. The lowest BCUT2D eigenvalue weighted by Gasteiger charge is -2.27. The first-order chi connectivity index (χ1) is 11.7. The third kappa shape index (κ3) is 6.06. The summed E-state index contributed by atoms with van der Waals surface area (Å²) in [6.45, 7) is 3.64. The van der Waals surface area contributed by atoms with E-state index in [2.05, 4.69) is 12.2 Å². The number of ether oxygens (including phenoxy) is 3.